The molecule has 0 bridgehead atoms. The molecular formula is C34H30Cl2FN5O. The van der Waals surface area contributed by atoms with Crippen molar-refractivity contribution < 1.29 is 4.39 Å². The van der Waals surface area contributed by atoms with Crippen LogP contribution in [-0.4, -0.2) is 27.2 Å². The van der Waals surface area contributed by atoms with E-state index in [1.165, 1.54) is 0 Å². The zero-order chi connectivity index (χ0) is 30.0. The van der Waals surface area contributed by atoms with Crippen LogP contribution in [0.5, 0.6) is 0 Å². The van der Waals surface area contributed by atoms with E-state index in [1.54, 1.807) is 24.3 Å². The second-order valence-corrected chi connectivity index (χ2v) is 12.5. The third-order valence-electron chi connectivity index (χ3n) is 9.25. The summed E-state index contributed by atoms with van der Waals surface area (Å²) < 4.78 is 21.2. The van der Waals surface area contributed by atoms with Gasteiger partial charge in [-0.15, -0.1) is 0 Å². The molecule has 1 saturated heterocycles. The highest BCUT2D eigenvalue weighted by molar-refractivity contribution is 6.43. The SMILES string of the molecule is Cc1nc2c(F)c(-c3cccc(Cl)c3Cl)c(CCC#N)cc2c2c1cc(C1CCc3cccc(=O)n31)n2[C@@H]1CNC[C@H]1C. The molecule has 6 nitrogen and oxygen atoms in total. The minimum absolute atomic E-state index is 0.0121. The van der Waals surface area contributed by atoms with E-state index in [1.807, 2.05) is 29.7 Å². The molecule has 5 aromatic rings. The highest BCUT2D eigenvalue weighted by Crippen LogP contribution is 2.44. The minimum atomic E-state index is -0.478. The molecule has 43 heavy (non-hydrogen) atoms. The van der Waals surface area contributed by atoms with Crippen molar-refractivity contribution in [2.45, 2.75) is 51.6 Å². The molecule has 2 aliphatic heterocycles. The monoisotopic (exact) mass is 613 g/mol. The zero-order valence-corrected chi connectivity index (χ0v) is 25.4. The number of nitrogens with zero attached hydrogens (tertiary/aromatic N) is 4. The Morgan fingerprint density at radius 2 is 1.93 bits per heavy atom. The lowest BCUT2D eigenvalue weighted by Gasteiger charge is -2.26. The van der Waals surface area contributed by atoms with Crippen LogP contribution in [0.15, 0.2) is 53.3 Å². The molecule has 9 heteroatoms. The first kappa shape index (κ1) is 28.1. The molecule has 1 fully saturated rings. The molecule has 0 radical (unpaired) electrons. The highest BCUT2D eigenvalue weighted by atomic mass is 35.5. The summed E-state index contributed by atoms with van der Waals surface area (Å²) in [6.45, 7) is 5.77. The third kappa shape index (κ3) is 4.38. The molecule has 2 aliphatic rings. The van der Waals surface area contributed by atoms with Crippen LogP contribution >= 0.6 is 23.2 Å². The van der Waals surface area contributed by atoms with Gasteiger partial charge >= 0.3 is 0 Å². The Morgan fingerprint density at radius 3 is 2.70 bits per heavy atom. The Labute approximate surface area is 258 Å². The molecule has 0 aliphatic carbocycles. The van der Waals surface area contributed by atoms with E-state index < -0.39 is 5.82 Å². The van der Waals surface area contributed by atoms with Crippen LogP contribution in [0, 0.1) is 30.0 Å². The molecule has 0 amide bonds. The van der Waals surface area contributed by atoms with Crippen LogP contribution in [0.3, 0.4) is 0 Å². The topological polar surface area (TPSA) is 75.6 Å². The van der Waals surface area contributed by atoms with Gasteiger partial charge in [0.25, 0.3) is 5.56 Å². The Balaban J connectivity index is 1.58. The summed E-state index contributed by atoms with van der Waals surface area (Å²) >= 11 is 13.0. The second kappa shape index (κ2) is 10.8. The van der Waals surface area contributed by atoms with E-state index in [0.717, 1.165) is 48.2 Å². The number of nitrogens with one attached hydrogen (secondary N) is 1. The smallest absolute Gasteiger partial charge is 0.251 e. The lowest BCUT2D eigenvalue weighted by Crippen LogP contribution is -2.26. The lowest BCUT2D eigenvalue weighted by molar-refractivity contribution is 0.419. The molecule has 3 aromatic heterocycles. The maximum atomic E-state index is 16.9. The number of aryl methyl sites for hydroxylation is 3. The fourth-order valence-electron chi connectivity index (χ4n) is 7.23. The van der Waals surface area contributed by atoms with Gasteiger partial charge in [0.2, 0.25) is 0 Å². The van der Waals surface area contributed by atoms with E-state index in [4.69, 9.17) is 28.2 Å². The second-order valence-electron chi connectivity index (χ2n) is 11.8. The number of benzene rings is 2. The number of hydrogen-bond acceptors (Lipinski definition) is 4. The summed E-state index contributed by atoms with van der Waals surface area (Å²) in [5.41, 5.74) is 5.42. The van der Waals surface area contributed by atoms with Crippen molar-refractivity contribution in [2.24, 2.45) is 5.92 Å². The molecular weight excluding hydrogens is 584 g/mol. The first-order valence-electron chi connectivity index (χ1n) is 14.7. The molecule has 7 rings (SSSR count). The van der Waals surface area contributed by atoms with Crippen molar-refractivity contribution in [1.82, 2.24) is 19.4 Å². The van der Waals surface area contributed by atoms with E-state index in [9.17, 15) is 10.1 Å². The van der Waals surface area contributed by atoms with Crippen molar-refractivity contribution >= 4 is 45.0 Å². The average Bonchev–Trinajstić information content (AvgIpc) is 3.71. The number of fused-ring (bicyclic) bond motifs is 4. The van der Waals surface area contributed by atoms with E-state index >= 15 is 4.39 Å². The molecule has 218 valence electrons. The van der Waals surface area contributed by atoms with Crippen molar-refractivity contribution in [1.29, 1.82) is 5.26 Å². The number of pyridine rings is 2. The standard InChI is InChI=1S/C34H30Cl2FN5O/c1-18-16-39-17-28(18)42-27(26-12-11-21-7-3-10-29(43)41(21)26)15-23-19(2)40-33-24(34(23)42)14-20(6-5-13-38)30(32(33)37)22-8-4-9-25(35)31(22)36/h3-4,7-10,14-15,18,26,28,39H,5-6,11-12,16-17H2,1-2H3/t18-,26?,28-/m1/s1. The highest BCUT2D eigenvalue weighted by Gasteiger charge is 2.35. The number of hydrogen-bond donors (Lipinski definition) is 1. The van der Waals surface area contributed by atoms with Crippen molar-refractivity contribution in [3.05, 3.63) is 97.4 Å². The first-order chi connectivity index (χ1) is 20.8. The van der Waals surface area contributed by atoms with Crippen LogP contribution in [-0.2, 0) is 12.8 Å². The van der Waals surface area contributed by atoms with Crippen LogP contribution < -0.4 is 10.9 Å². The van der Waals surface area contributed by atoms with Crippen molar-refractivity contribution in [3.8, 4) is 17.2 Å². The van der Waals surface area contributed by atoms with Gasteiger partial charge in [0.15, 0.2) is 5.82 Å². The Kier molecular flexibility index (Phi) is 7.04. The molecule has 0 saturated carbocycles. The first-order valence-corrected chi connectivity index (χ1v) is 15.4. The predicted molar refractivity (Wildman–Crippen MR) is 170 cm³/mol. The third-order valence-corrected chi connectivity index (χ3v) is 10.1. The van der Waals surface area contributed by atoms with Gasteiger partial charge in [0.05, 0.1) is 33.7 Å². The van der Waals surface area contributed by atoms with Gasteiger partial charge in [0, 0.05) is 58.0 Å². The Morgan fingerprint density at radius 1 is 1.12 bits per heavy atom. The summed E-state index contributed by atoms with van der Waals surface area (Å²) in [5, 5.41) is 15.2. The van der Waals surface area contributed by atoms with Gasteiger partial charge < -0.3 is 14.5 Å². The summed E-state index contributed by atoms with van der Waals surface area (Å²) in [6.07, 6.45) is 2.19. The van der Waals surface area contributed by atoms with Gasteiger partial charge in [0.1, 0.15) is 5.52 Å². The number of rotatable bonds is 5. The maximum absolute atomic E-state index is 16.9. The van der Waals surface area contributed by atoms with Crippen LogP contribution in [0.25, 0.3) is 32.9 Å². The molecule has 2 aromatic carbocycles. The van der Waals surface area contributed by atoms with Gasteiger partial charge in [-0.25, -0.2) is 9.37 Å². The van der Waals surface area contributed by atoms with Crippen LogP contribution in [0.1, 0.15) is 54.5 Å². The van der Waals surface area contributed by atoms with Crippen LogP contribution in [0.4, 0.5) is 4.39 Å². The lowest BCUT2D eigenvalue weighted by atomic mass is 9.93. The van der Waals surface area contributed by atoms with Gasteiger partial charge in [-0.2, -0.15) is 5.26 Å². The minimum Gasteiger partial charge on any atom is -0.337 e. The molecule has 3 atom stereocenters. The number of aromatic nitrogens is 3. The zero-order valence-electron chi connectivity index (χ0n) is 23.9. The van der Waals surface area contributed by atoms with E-state index in [2.05, 4.69) is 28.9 Å². The van der Waals surface area contributed by atoms with Gasteiger partial charge in [-0.05, 0) is 68.5 Å². The van der Waals surface area contributed by atoms with E-state index in [0.29, 0.717) is 45.1 Å². The fourth-order valence-corrected chi connectivity index (χ4v) is 7.63. The van der Waals surface area contributed by atoms with Crippen LogP contribution in [0.2, 0.25) is 10.0 Å². The quantitative estimate of drug-likeness (QED) is 0.222. The molecule has 0 spiro atoms. The molecule has 5 heterocycles. The summed E-state index contributed by atoms with van der Waals surface area (Å²) in [4.78, 5) is 18.0. The summed E-state index contributed by atoms with van der Waals surface area (Å²) in [5.74, 6) is -0.160. The van der Waals surface area contributed by atoms with Gasteiger partial charge in [-0.1, -0.05) is 48.3 Å². The Hall–Kier alpha value is -3.70. The largest absolute Gasteiger partial charge is 0.337 e. The molecule has 1 N–H and O–H groups in total. The van der Waals surface area contributed by atoms with E-state index in [-0.39, 0.29) is 34.6 Å². The van der Waals surface area contributed by atoms with Gasteiger partial charge in [-0.3, -0.25) is 4.79 Å². The Bertz CT molecular complexity index is 2040. The predicted octanol–water partition coefficient (Wildman–Crippen LogP) is 7.54. The maximum Gasteiger partial charge on any atom is 0.251 e. The average molecular weight is 615 g/mol. The van der Waals surface area contributed by atoms with Crippen molar-refractivity contribution in [3.63, 3.8) is 0 Å². The normalized spacial score (nSPS) is 19.8. The summed E-state index contributed by atoms with van der Waals surface area (Å²) in [7, 11) is 0. The van der Waals surface area contributed by atoms with Crippen molar-refractivity contribution in [2.75, 3.05) is 13.1 Å². The number of nitriles is 1. The fraction of sp³-hybridized carbons (Fsp3) is 0.324. The summed E-state index contributed by atoms with van der Waals surface area (Å²) in [6, 6.07) is 17.0. The molecule has 1 unspecified atom stereocenters. The number of halogens is 3.